The van der Waals surface area contributed by atoms with E-state index in [2.05, 4.69) is 0 Å². The summed E-state index contributed by atoms with van der Waals surface area (Å²) in [6, 6.07) is 0. The summed E-state index contributed by atoms with van der Waals surface area (Å²) in [7, 11) is 1.32. The normalized spacial score (nSPS) is 16.0. The lowest BCUT2D eigenvalue weighted by molar-refractivity contribution is -0.171. The van der Waals surface area contributed by atoms with Gasteiger partial charge in [0.25, 0.3) is 0 Å². The fraction of sp³-hybridized carbons (Fsp3) is 0.875. The SMILES string of the molecule is CCC[C@H](O)CC[C@@H](C)[C@H](OC(C)=O)C(C)(C)C(=O)OC. The van der Waals surface area contributed by atoms with E-state index in [0.717, 1.165) is 12.8 Å². The minimum atomic E-state index is -0.921. The third-order valence-electron chi connectivity index (χ3n) is 3.81. The maximum atomic E-state index is 11.9. The zero-order valence-electron chi connectivity index (χ0n) is 14.1. The van der Waals surface area contributed by atoms with E-state index in [4.69, 9.17) is 9.47 Å². The number of methoxy groups -OCH3 is 1. The van der Waals surface area contributed by atoms with Gasteiger partial charge in [0.1, 0.15) is 6.10 Å². The first-order valence-electron chi connectivity index (χ1n) is 7.60. The van der Waals surface area contributed by atoms with Crippen molar-refractivity contribution in [3.05, 3.63) is 0 Å². The molecule has 0 spiro atoms. The quantitative estimate of drug-likeness (QED) is 0.663. The van der Waals surface area contributed by atoms with Crippen molar-refractivity contribution in [2.75, 3.05) is 7.11 Å². The molecule has 0 rings (SSSR count). The van der Waals surface area contributed by atoms with Gasteiger partial charge in [-0.05, 0) is 39.0 Å². The van der Waals surface area contributed by atoms with E-state index in [1.807, 2.05) is 13.8 Å². The molecule has 0 fully saturated rings. The van der Waals surface area contributed by atoms with E-state index in [0.29, 0.717) is 12.8 Å². The van der Waals surface area contributed by atoms with Gasteiger partial charge >= 0.3 is 11.9 Å². The fourth-order valence-corrected chi connectivity index (χ4v) is 2.62. The second-order valence-electron chi connectivity index (χ2n) is 6.24. The molecule has 0 amide bonds. The number of aliphatic hydroxyl groups is 1. The van der Waals surface area contributed by atoms with Crippen LogP contribution in [-0.2, 0) is 19.1 Å². The largest absolute Gasteiger partial charge is 0.468 e. The molecule has 0 aromatic heterocycles. The number of hydrogen-bond donors (Lipinski definition) is 1. The van der Waals surface area contributed by atoms with Crippen LogP contribution >= 0.6 is 0 Å². The third-order valence-corrected chi connectivity index (χ3v) is 3.81. The van der Waals surface area contributed by atoms with Crippen molar-refractivity contribution in [3.63, 3.8) is 0 Å². The van der Waals surface area contributed by atoms with E-state index in [-0.39, 0.29) is 12.0 Å². The molecule has 5 heteroatoms. The highest BCUT2D eigenvalue weighted by atomic mass is 16.6. The zero-order chi connectivity index (χ0) is 16.6. The molecule has 0 unspecified atom stereocenters. The average Bonchev–Trinajstić information content (AvgIpc) is 2.41. The molecule has 0 radical (unpaired) electrons. The number of rotatable bonds is 9. The Morgan fingerprint density at radius 3 is 2.19 bits per heavy atom. The van der Waals surface area contributed by atoms with Crippen molar-refractivity contribution in [2.24, 2.45) is 11.3 Å². The molecule has 21 heavy (non-hydrogen) atoms. The van der Waals surface area contributed by atoms with Gasteiger partial charge in [0.15, 0.2) is 0 Å². The molecule has 3 atom stereocenters. The lowest BCUT2D eigenvalue weighted by Gasteiger charge is -2.35. The van der Waals surface area contributed by atoms with Crippen LogP contribution in [-0.4, -0.2) is 36.4 Å². The molecule has 0 aromatic carbocycles. The van der Waals surface area contributed by atoms with Crippen LogP contribution in [0.25, 0.3) is 0 Å². The number of aliphatic hydroxyl groups excluding tert-OH is 1. The number of hydrogen-bond acceptors (Lipinski definition) is 5. The fourth-order valence-electron chi connectivity index (χ4n) is 2.62. The van der Waals surface area contributed by atoms with Gasteiger partial charge in [-0.3, -0.25) is 9.59 Å². The summed E-state index contributed by atoms with van der Waals surface area (Å²) in [5.41, 5.74) is -0.921. The Bertz CT molecular complexity index is 338. The van der Waals surface area contributed by atoms with E-state index in [9.17, 15) is 14.7 Å². The first-order valence-corrected chi connectivity index (χ1v) is 7.60. The topological polar surface area (TPSA) is 72.8 Å². The summed E-state index contributed by atoms with van der Waals surface area (Å²) in [4.78, 5) is 23.3. The number of carbonyl (C=O) groups is 2. The molecule has 0 aliphatic rings. The lowest BCUT2D eigenvalue weighted by atomic mass is 9.78. The predicted octanol–water partition coefficient (Wildman–Crippen LogP) is 2.69. The maximum absolute atomic E-state index is 11.9. The van der Waals surface area contributed by atoms with Gasteiger partial charge < -0.3 is 14.6 Å². The maximum Gasteiger partial charge on any atom is 0.315 e. The molecule has 0 aliphatic heterocycles. The number of carbonyl (C=O) groups excluding carboxylic acids is 2. The van der Waals surface area contributed by atoms with Crippen molar-refractivity contribution in [1.29, 1.82) is 0 Å². The molecule has 124 valence electrons. The van der Waals surface area contributed by atoms with Gasteiger partial charge in [0.2, 0.25) is 0 Å². The Balaban J connectivity index is 4.89. The molecule has 0 saturated carbocycles. The summed E-state index contributed by atoms with van der Waals surface area (Å²) >= 11 is 0. The molecular weight excluding hydrogens is 272 g/mol. The Kier molecular flexibility index (Phi) is 8.55. The van der Waals surface area contributed by atoms with E-state index in [1.165, 1.54) is 14.0 Å². The molecule has 0 bridgehead atoms. The smallest absolute Gasteiger partial charge is 0.315 e. The monoisotopic (exact) mass is 302 g/mol. The van der Waals surface area contributed by atoms with E-state index < -0.39 is 23.5 Å². The second-order valence-corrected chi connectivity index (χ2v) is 6.24. The highest BCUT2D eigenvalue weighted by Gasteiger charge is 2.43. The highest BCUT2D eigenvalue weighted by molar-refractivity contribution is 5.77. The van der Waals surface area contributed by atoms with Gasteiger partial charge in [-0.25, -0.2) is 0 Å². The van der Waals surface area contributed by atoms with Crippen LogP contribution in [0.1, 0.15) is 60.3 Å². The van der Waals surface area contributed by atoms with Crippen LogP contribution in [0.5, 0.6) is 0 Å². The molecule has 5 nitrogen and oxygen atoms in total. The van der Waals surface area contributed by atoms with Crippen molar-refractivity contribution in [3.8, 4) is 0 Å². The van der Waals surface area contributed by atoms with Crippen molar-refractivity contribution in [1.82, 2.24) is 0 Å². The minimum absolute atomic E-state index is 0.0468. The molecule has 1 N–H and O–H groups in total. The summed E-state index contributed by atoms with van der Waals surface area (Å²) in [5.74, 6) is -0.873. The lowest BCUT2D eigenvalue weighted by Crippen LogP contribution is -2.44. The third kappa shape index (κ3) is 6.46. The van der Waals surface area contributed by atoms with E-state index in [1.54, 1.807) is 13.8 Å². The standard InChI is InChI=1S/C16H30O5/c1-7-8-13(18)10-9-11(2)14(21-12(3)17)16(4,5)15(19)20-6/h11,13-14,18H,7-10H2,1-6H3/t11-,13+,14+/m1/s1. The summed E-state index contributed by atoms with van der Waals surface area (Å²) < 4.78 is 10.2. The van der Waals surface area contributed by atoms with Crippen LogP contribution in [0.2, 0.25) is 0 Å². The average molecular weight is 302 g/mol. The summed E-state index contributed by atoms with van der Waals surface area (Å²) in [5, 5.41) is 9.82. The minimum Gasteiger partial charge on any atom is -0.468 e. The van der Waals surface area contributed by atoms with Gasteiger partial charge in [-0.15, -0.1) is 0 Å². The molecule has 0 aromatic rings. The molecule has 0 saturated heterocycles. The Morgan fingerprint density at radius 1 is 1.19 bits per heavy atom. The predicted molar refractivity (Wildman–Crippen MR) is 80.7 cm³/mol. The van der Waals surface area contributed by atoms with Crippen molar-refractivity contribution in [2.45, 2.75) is 72.5 Å². The molecule has 0 heterocycles. The zero-order valence-corrected chi connectivity index (χ0v) is 14.1. The van der Waals surface area contributed by atoms with Gasteiger partial charge in [0.05, 0.1) is 18.6 Å². The van der Waals surface area contributed by atoms with E-state index >= 15 is 0 Å². The van der Waals surface area contributed by atoms with Crippen LogP contribution < -0.4 is 0 Å². The van der Waals surface area contributed by atoms with Crippen LogP contribution in [0.3, 0.4) is 0 Å². The van der Waals surface area contributed by atoms with Gasteiger partial charge in [-0.2, -0.15) is 0 Å². The summed E-state index contributed by atoms with van der Waals surface area (Å²) in [6.07, 6.45) is 2.07. The first kappa shape index (κ1) is 19.9. The van der Waals surface area contributed by atoms with Gasteiger partial charge in [-0.1, -0.05) is 20.3 Å². The van der Waals surface area contributed by atoms with Gasteiger partial charge in [0, 0.05) is 6.92 Å². The van der Waals surface area contributed by atoms with Crippen molar-refractivity contribution >= 4 is 11.9 Å². The highest BCUT2D eigenvalue weighted by Crippen LogP contribution is 2.33. The van der Waals surface area contributed by atoms with Crippen molar-refractivity contribution < 1.29 is 24.2 Å². The Hall–Kier alpha value is -1.10. The van der Waals surface area contributed by atoms with Crippen LogP contribution in [0, 0.1) is 11.3 Å². The first-order chi connectivity index (χ1) is 9.66. The molecular formula is C16H30O5. The Labute approximate surface area is 128 Å². The number of ether oxygens (including phenoxy) is 2. The van der Waals surface area contributed by atoms with Crippen LogP contribution in [0.4, 0.5) is 0 Å². The Morgan fingerprint density at radius 2 is 1.76 bits per heavy atom. The van der Waals surface area contributed by atoms with Crippen LogP contribution in [0.15, 0.2) is 0 Å². The number of esters is 2. The second kappa shape index (κ2) is 9.03. The summed E-state index contributed by atoms with van der Waals surface area (Å²) in [6.45, 7) is 8.71. The molecule has 0 aliphatic carbocycles.